The van der Waals surface area contributed by atoms with Crippen LogP contribution in [0.3, 0.4) is 0 Å². The second-order valence-electron chi connectivity index (χ2n) is 5.72. The van der Waals surface area contributed by atoms with E-state index < -0.39 is 5.97 Å². The first-order chi connectivity index (χ1) is 9.52. The number of nitrogen functional groups attached to an aromatic ring is 1. The standard InChI is InChI=1S/C16H23NO3/c1-10-7-8-12(9-11(10)2)20-15-13(16(18)19-3)5-4-6-14(15)17/h4-6,10-12H,7-9,17H2,1-3H3. The van der Waals surface area contributed by atoms with Gasteiger partial charge >= 0.3 is 5.97 Å². The molecule has 1 aromatic rings. The molecule has 3 unspecified atom stereocenters. The van der Waals surface area contributed by atoms with Crippen molar-refractivity contribution in [1.29, 1.82) is 0 Å². The van der Waals surface area contributed by atoms with Crippen molar-refractivity contribution in [3.63, 3.8) is 0 Å². The minimum absolute atomic E-state index is 0.120. The van der Waals surface area contributed by atoms with Crippen LogP contribution in [0.4, 0.5) is 5.69 Å². The number of benzene rings is 1. The third-order valence-electron chi connectivity index (χ3n) is 4.29. The lowest BCUT2D eigenvalue weighted by atomic mass is 9.80. The number of carbonyl (C=O) groups excluding carboxylic acids is 1. The van der Waals surface area contributed by atoms with Gasteiger partial charge in [-0.1, -0.05) is 19.9 Å². The van der Waals surface area contributed by atoms with Crippen molar-refractivity contribution in [2.45, 2.75) is 39.2 Å². The normalized spacial score (nSPS) is 26.1. The monoisotopic (exact) mass is 277 g/mol. The van der Waals surface area contributed by atoms with Crippen molar-refractivity contribution < 1.29 is 14.3 Å². The molecule has 0 heterocycles. The third-order valence-corrected chi connectivity index (χ3v) is 4.29. The van der Waals surface area contributed by atoms with Crippen LogP contribution in [0.1, 0.15) is 43.5 Å². The average Bonchev–Trinajstić information content (AvgIpc) is 2.44. The molecule has 0 aromatic heterocycles. The Balaban J connectivity index is 2.18. The average molecular weight is 277 g/mol. The molecule has 3 atom stereocenters. The minimum atomic E-state index is -0.412. The van der Waals surface area contributed by atoms with Gasteiger partial charge in [-0.2, -0.15) is 0 Å². The largest absolute Gasteiger partial charge is 0.487 e. The Labute approximate surface area is 120 Å². The SMILES string of the molecule is COC(=O)c1cccc(N)c1OC1CCC(C)C(C)C1. The summed E-state index contributed by atoms with van der Waals surface area (Å²) in [7, 11) is 1.36. The van der Waals surface area contributed by atoms with E-state index in [0.717, 1.165) is 25.2 Å². The molecule has 1 aliphatic rings. The Morgan fingerprint density at radius 2 is 2.00 bits per heavy atom. The molecule has 0 radical (unpaired) electrons. The zero-order valence-corrected chi connectivity index (χ0v) is 12.4. The summed E-state index contributed by atoms with van der Waals surface area (Å²) < 4.78 is 10.8. The van der Waals surface area contributed by atoms with E-state index in [2.05, 4.69) is 13.8 Å². The molecule has 2 N–H and O–H groups in total. The summed E-state index contributed by atoms with van der Waals surface area (Å²) in [6.07, 6.45) is 3.26. The molecule has 4 heteroatoms. The zero-order chi connectivity index (χ0) is 14.7. The van der Waals surface area contributed by atoms with Crippen LogP contribution in [-0.2, 0) is 4.74 Å². The lowest BCUT2D eigenvalue weighted by Gasteiger charge is -2.32. The van der Waals surface area contributed by atoms with Crippen LogP contribution in [-0.4, -0.2) is 19.2 Å². The molecule has 110 valence electrons. The highest BCUT2D eigenvalue weighted by molar-refractivity contribution is 5.94. The van der Waals surface area contributed by atoms with Crippen LogP contribution in [0.25, 0.3) is 0 Å². The lowest BCUT2D eigenvalue weighted by molar-refractivity contribution is 0.0583. The van der Waals surface area contributed by atoms with Gasteiger partial charge < -0.3 is 15.2 Å². The Morgan fingerprint density at radius 1 is 1.25 bits per heavy atom. The van der Waals surface area contributed by atoms with Crippen LogP contribution in [0.5, 0.6) is 5.75 Å². The molecule has 0 saturated heterocycles. The second-order valence-corrected chi connectivity index (χ2v) is 5.72. The number of rotatable bonds is 3. The highest BCUT2D eigenvalue weighted by atomic mass is 16.5. The van der Waals surface area contributed by atoms with Gasteiger partial charge in [-0.3, -0.25) is 0 Å². The molecule has 1 fully saturated rings. The Morgan fingerprint density at radius 3 is 2.65 bits per heavy atom. The van der Waals surface area contributed by atoms with Gasteiger partial charge in [0.05, 0.1) is 18.9 Å². The maximum atomic E-state index is 11.8. The van der Waals surface area contributed by atoms with Crippen molar-refractivity contribution >= 4 is 11.7 Å². The highest BCUT2D eigenvalue weighted by Crippen LogP contribution is 2.35. The first-order valence-corrected chi connectivity index (χ1v) is 7.16. The van der Waals surface area contributed by atoms with Gasteiger partial charge in [0, 0.05) is 0 Å². The van der Waals surface area contributed by atoms with E-state index in [1.165, 1.54) is 7.11 Å². The lowest BCUT2D eigenvalue weighted by Crippen LogP contribution is -2.29. The topological polar surface area (TPSA) is 61.5 Å². The van der Waals surface area contributed by atoms with Crippen LogP contribution in [0.15, 0.2) is 18.2 Å². The summed E-state index contributed by atoms with van der Waals surface area (Å²) in [6, 6.07) is 5.17. The van der Waals surface area contributed by atoms with Crippen LogP contribution in [0.2, 0.25) is 0 Å². The van der Waals surface area contributed by atoms with Gasteiger partial charge in [0.1, 0.15) is 5.56 Å². The Bertz CT molecular complexity index is 487. The number of hydrogen-bond acceptors (Lipinski definition) is 4. The van der Waals surface area contributed by atoms with Crippen LogP contribution < -0.4 is 10.5 Å². The quantitative estimate of drug-likeness (QED) is 0.680. The molecular weight excluding hydrogens is 254 g/mol. The van der Waals surface area contributed by atoms with Gasteiger partial charge in [0.25, 0.3) is 0 Å². The van der Waals surface area contributed by atoms with Crippen LogP contribution >= 0.6 is 0 Å². The van der Waals surface area contributed by atoms with Gasteiger partial charge in [-0.15, -0.1) is 0 Å². The van der Waals surface area contributed by atoms with Gasteiger partial charge in [0.15, 0.2) is 5.75 Å². The molecule has 4 nitrogen and oxygen atoms in total. The molecule has 0 spiro atoms. The minimum Gasteiger partial charge on any atom is -0.487 e. The number of ether oxygens (including phenoxy) is 2. The number of methoxy groups -OCH3 is 1. The van der Waals surface area contributed by atoms with Gasteiger partial charge in [-0.05, 0) is 43.2 Å². The van der Waals surface area contributed by atoms with Crippen LogP contribution in [0, 0.1) is 11.8 Å². The second kappa shape index (κ2) is 6.16. The third kappa shape index (κ3) is 3.06. The van der Waals surface area contributed by atoms with Crippen molar-refractivity contribution in [2.24, 2.45) is 11.8 Å². The first-order valence-electron chi connectivity index (χ1n) is 7.16. The number of carbonyl (C=O) groups is 1. The number of para-hydroxylation sites is 1. The number of nitrogens with two attached hydrogens (primary N) is 1. The maximum Gasteiger partial charge on any atom is 0.341 e. The van der Waals surface area contributed by atoms with E-state index in [-0.39, 0.29) is 6.10 Å². The maximum absolute atomic E-state index is 11.8. The fraction of sp³-hybridized carbons (Fsp3) is 0.562. The van der Waals surface area contributed by atoms with E-state index in [0.29, 0.717) is 22.9 Å². The Kier molecular flexibility index (Phi) is 4.53. The van der Waals surface area contributed by atoms with E-state index in [1.807, 2.05) is 0 Å². The number of esters is 1. The van der Waals surface area contributed by atoms with Gasteiger partial charge in [-0.25, -0.2) is 4.79 Å². The summed E-state index contributed by atoms with van der Waals surface area (Å²) in [4.78, 5) is 11.8. The van der Waals surface area contributed by atoms with Crippen molar-refractivity contribution in [3.8, 4) is 5.75 Å². The first kappa shape index (κ1) is 14.7. The fourth-order valence-electron chi connectivity index (χ4n) is 2.73. The number of anilines is 1. The summed E-state index contributed by atoms with van der Waals surface area (Å²) in [5.41, 5.74) is 6.85. The molecule has 0 bridgehead atoms. The molecule has 0 aliphatic heterocycles. The van der Waals surface area contributed by atoms with E-state index in [9.17, 15) is 4.79 Å². The zero-order valence-electron chi connectivity index (χ0n) is 12.4. The Hall–Kier alpha value is -1.71. The molecule has 0 amide bonds. The van der Waals surface area contributed by atoms with Crippen molar-refractivity contribution in [1.82, 2.24) is 0 Å². The molecule has 2 rings (SSSR count). The smallest absolute Gasteiger partial charge is 0.341 e. The molecular formula is C16H23NO3. The predicted molar refractivity (Wildman–Crippen MR) is 78.8 cm³/mol. The molecule has 1 aliphatic carbocycles. The molecule has 20 heavy (non-hydrogen) atoms. The van der Waals surface area contributed by atoms with E-state index in [4.69, 9.17) is 15.2 Å². The highest BCUT2D eigenvalue weighted by Gasteiger charge is 2.27. The number of hydrogen-bond donors (Lipinski definition) is 1. The summed E-state index contributed by atoms with van der Waals surface area (Å²) in [6.45, 7) is 4.52. The van der Waals surface area contributed by atoms with Crippen molar-refractivity contribution in [2.75, 3.05) is 12.8 Å². The fourth-order valence-corrected chi connectivity index (χ4v) is 2.73. The van der Waals surface area contributed by atoms with Crippen molar-refractivity contribution in [3.05, 3.63) is 23.8 Å². The van der Waals surface area contributed by atoms with E-state index >= 15 is 0 Å². The molecule has 1 saturated carbocycles. The van der Waals surface area contributed by atoms with Gasteiger partial charge in [0.2, 0.25) is 0 Å². The molecule has 1 aromatic carbocycles. The summed E-state index contributed by atoms with van der Waals surface area (Å²) in [5, 5.41) is 0. The summed E-state index contributed by atoms with van der Waals surface area (Å²) >= 11 is 0. The summed E-state index contributed by atoms with van der Waals surface area (Å²) in [5.74, 6) is 1.40. The predicted octanol–water partition coefficient (Wildman–Crippen LogP) is 3.26. The van der Waals surface area contributed by atoms with E-state index in [1.54, 1.807) is 18.2 Å².